The summed E-state index contributed by atoms with van der Waals surface area (Å²) in [6.07, 6.45) is 15.6. The number of Topliss-reactive ketones (excluding diaryl/α,β-unsaturated/α-hetero) is 1. The Labute approximate surface area is 155 Å². The minimum absolute atomic E-state index is 0.0840. The number of fused-ring (bicyclic) bond motifs is 4. The number of carbonyl (C=O) groups excluding carboxylic acids is 1. The van der Waals surface area contributed by atoms with Gasteiger partial charge in [-0.05, 0) is 72.5 Å². The molecule has 4 fully saturated rings. The van der Waals surface area contributed by atoms with E-state index in [0.29, 0.717) is 17.6 Å². The first-order valence-corrected chi connectivity index (χ1v) is 10.4. The van der Waals surface area contributed by atoms with Crippen molar-refractivity contribution in [1.29, 1.82) is 0 Å². The molecular formula is C24H27NO. The zero-order chi connectivity index (χ0) is 17.7. The molecule has 0 aromatic carbocycles. The first-order valence-electron chi connectivity index (χ1n) is 10.4. The highest BCUT2D eigenvalue weighted by Crippen LogP contribution is 2.80. The quantitative estimate of drug-likeness (QED) is 0.699. The van der Waals surface area contributed by atoms with Gasteiger partial charge in [0.2, 0.25) is 0 Å². The second-order valence-electron chi connectivity index (χ2n) is 9.98. The molecule has 0 aliphatic heterocycles. The van der Waals surface area contributed by atoms with Crippen LogP contribution in [0.2, 0.25) is 0 Å². The average Bonchev–Trinajstić information content (AvgIpc) is 3.17. The van der Waals surface area contributed by atoms with Crippen molar-refractivity contribution in [2.45, 2.75) is 52.4 Å². The van der Waals surface area contributed by atoms with Crippen molar-refractivity contribution >= 4 is 11.4 Å². The van der Waals surface area contributed by atoms with Crippen LogP contribution in [0.3, 0.4) is 0 Å². The highest BCUT2D eigenvalue weighted by atomic mass is 16.1. The maximum absolute atomic E-state index is 13.3. The summed E-state index contributed by atoms with van der Waals surface area (Å²) >= 11 is 0. The molecule has 2 nitrogen and oxygen atoms in total. The molecule has 5 aliphatic carbocycles. The summed E-state index contributed by atoms with van der Waals surface area (Å²) in [4.78, 5) is 17.6. The molecule has 0 bridgehead atoms. The van der Waals surface area contributed by atoms with Crippen LogP contribution in [0.4, 0.5) is 0 Å². The Balaban J connectivity index is 1.40. The molecule has 1 spiro atoms. The number of rotatable bonds is 1. The topological polar surface area (TPSA) is 30.0 Å². The third-order valence-electron chi connectivity index (χ3n) is 9.33. The van der Waals surface area contributed by atoms with E-state index in [1.54, 1.807) is 5.57 Å². The van der Waals surface area contributed by atoms with Crippen LogP contribution in [0.15, 0.2) is 42.3 Å². The van der Waals surface area contributed by atoms with Gasteiger partial charge in [0.25, 0.3) is 0 Å². The number of nitrogens with zero attached hydrogens (tertiary/aromatic N) is 1. The molecular weight excluding hydrogens is 318 g/mol. The maximum Gasteiger partial charge on any atom is 0.140 e. The van der Waals surface area contributed by atoms with E-state index in [0.717, 1.165) is 12.3 Å². The van der Waals surface area contributed by atoms with Crippen LogP contribution in [-0.2, 0) is 4.79 Å². The van der Waals surface area contributed by atoms with Gasteiger partial charge in [-0.3, -0.25) is 9.78 Å². The molecule has 4 saturated carbocycles. The third-order valence-corrected chi connectivity index (χ3v) is 9.33. The van der Waals surface area contributed by atoms with Crippen molar-refractivity contribution in [3.05, 3.63) is 47.8 Å². The Morgan fingerprint density at radius 1 is 1.15 bits per heavy atom. The number of hydrogen-bond donors (Lipinski definition) is 0. The van der Waals surface area contributed by atoms with E-state index >= 15 is 0 Å². The summed E-state index contributed by atoms with van der Waals surface area (Å²) in [6.45, 7) is 4.88. The predicted octanol–water partition coefficient (Wildman–Crippen LogP) is 5.22. The monoisotopic (exact) mass is 345 g/mol. The van der Waals surface area contributed by atoms with E-state index < -0.39 is 0 Å². The number of aromatic nitrogens is 1. The average molecular weight is 345 g/mol. The molecule has 1 heterocycles. The van der Waals surface area contributed by atoms with Crippen molar-refractivity contribution in [2.75, 3.05) is 0 Å². The number of carbonyl (C=O) groups is 1. The van der Waals surface area contributed by atoms with Gasteiger partial charge in [0.1, 0.15) is 5.78 Å². The fraction of sp³-hybridized carbons (Fsp3) is 0.583. The van der Waals surface area contributed by atoms with E-state index in [-0.39, 0.29) is 16.2 Å². The van der Waals surface area contributed by atoms with Crippen LogP contribution in [-0.4, -0.2) is 10.8 Å². The Bertz CT molecular complexity index is 883. The molecule has 0 saturated heterocycles. The summed E-state index contributed by atoms with van der Waals surface area (Å²) < 4.78 is 0. The fourth-order valence-corrected chi connectivity index (χ4v) is 7.95. The van der Waals surface area contributed by atoms with Gasteiger partial charge < -0.3 is 0 Å². The lowest BCUT2D eigenvalue weighted by Gasteiger charge is -2.56. The zero-order valence-corrected chi connectivity index (χ0v) is 15.8. The van der Waals surface area contributed by atoms with E-state index in [2.05, 4.69) is 37.0 Å². The molecule has 134 valence electrons. The second kappa shape index (κ2) is 4.58. The molecule has 6 rings (SSSR count). The number of allylic oxidation sites excluding steroid dienone is 4. The first kappa shape index (κ1) is 15.4. The smallest absolute Gasteiger partial charge is 0.140 e. The van der Waals surface area contributed by atoms with Crippen molar-refractivity contribution in [1.82, 2.24) is 4.98 Å². The van der Waals surface area contributed by atoms with Crippen molar-refractivity contribution < 1.29 is 4.79 Å². The van der Waals surface area contributed by atoms with Crippen LogP contribution >= 0.6 is 0 Å². The largest absolute Gasteiger partial charge is 0.299 e. The molecule has 0 N–H and O–H groups in total. The fourth-order valence-electron chi connectivity index (χ4n) is 7.95. The van der Waals surface area contributed by atoms with Gasteiger partial charge in [0.05, 0.1) is 0 Å². The summed E-state index contributed by atoms with van der Waals surface area (Å²) in [5, 5.41) is 0. The lowest BCUT2D eigenvalue weighted by Crippen LogP contribution is -2.52. The Kier molecular flexibility index (Phi) is 2.71. The van der Waals surface area contributed by atoms with Gasteiger partial charge >= 0.3 is 0 Å². The van der Waals surface area contributed by atoms with Gasteiger partial charge in [-0.1, -0.05) is 37.6 Å². The van der Waals surface area contributed by atoms with E-state index in [9.17, 15) is 4.79 Å². The van der Waals surface area contributed by atoms with Gasteiger partial charge in [0.15, 0.2) is 0 Å². The summed E-state index contributed by atoms with van der Waals surface area (Å²) in [6, 6.07) is 4.21. The normalized spacial score (nSPS) is 48.1. The number of hydrogen-bond acceptors (Lipinski definition) is 2. The SMILES string of the molecule is C[C@]12CC[C@H]3[C@@H](CC(=O)C45CC4CC[C@]35C)C1=CC=C2c1cccnc1. The molecule has 2 unspecified atom stereocenters. The van der Waals surface area contributed by atoms with Crippen molar-refractivity contribution in [2.24, 2.45) is 34.0 Å². The molecule has 5 aliphatic rings. The van der Waals surface area contributed by atoms with Gasteiger partial charge in [-0.25, -0.2) is 0 Å². The van der Waals surface area contributed by atoms with Crippen LogP contribution in [0.25, 0.3) is 5.57 Å². The second-order valence-corrected chi connectivity index (χ2v) is 9.98. The Morgan fingerprint density at radius 2 is 2.04 bits per heavy atom. The third kappa shape index (κ3) is 1.53. The van der Waals surface area contributed by atoms with Crippen molar-refractivity contribution in [3.63, 3.8) is 0 Å². The summed E-state index contributed by atoms with van der Waals surface area (Å²) in [5.74, 6) is 2.48. The summed E-state index contributed by atoms with van der Waals surface area (Å²) in [7, 11) is 0. The van der Waals surface area contributed by atoms with Crippen LogP contribution in [0.1, 0.15) is 57.9 Å². The number of ketones is 1. The molecule has 1 aromatic heterocycles. The van der Waals surface area contributed by atoms with Gasteiger partial charge in [0, 0.05) is 29.6 Å². The standard InChI is InChI=1S/C24H27NO/c1-22-9-8-20-17(12-21(26)24-13-16(24)7-10-23(20,24)2)19(22)6-5-18(22)15-4-3-11-25-14-15/h3-6,11,14,16-17,20H,7-10,12-13H2,1-2H3/t16?,17-,20-,22+,23+,24?/m0/s1. The van der Waals surface area contributed by atoms with E-state index in [1.807, 2.05) is 18.5 Å². The Morgan fingerprint density at radius 3 is 2.81 bits per heavy atom. The number of pyridine rings is 1. The lowest BCUT2D eigenvalue weighted by atomic mass is 9.47. The van der Waals surface area contributed by atoms with E-state index in [4.69, 9.17) is 0 Å². The molecule has 0 radical (unpaired) electrons. The molecule has 26 heavy (non-hydrogen) atoms. The molecule has 1 aromatic rings. The highest BCUT2D eigenvalue weighted by Gasteiger charge is 2.77. The molecule has 2 heteroatoms. The Hall–Kier alpha value is -1.70. The first-order chi connectivity index (χ1) is 12.5. The zero-order valence-electron chi connectivity index (χ0n) is 15.8. The van der Waals surface area contributed by atoms with E-state index in [1.165, 1.54) is 43.2 Å². The predicted molar refractivity (Wildman–Crippen MR) is 102 cm³/mol. The van der Waals surface area contributed by atoms with Crippen LogP contribution in [0, 0.1) is 34.0 Å². The van der Waals surface area contributed by atoms with Crippen LogP contribution in [0.5, 0.6) is 0 Å². The van der Waals surface area contributed by atoms with Gasteiger partial charge in [-0.2, -0.15) is 0 Å². The minimum Gasteiger partial charge on any atom is -0.299 e. The lowest BCUT2D eigenvalue weighted by molar-refractivity contribution is -0.140. The van der Waals surface area contributed by atoms with Crippen LogP contribution < -0.4 is 0 Å². The molecule has 6 atom stereocenters. The van der Waals surface area contributed by atoms with Crippen molar-refractivity contribution in [3.8, 4) is 0 Å². The highest BCUT2D eigenvalue weighted by molar-refractivity contribution is 5.92. The molecule has 0 amide bonds. The van der Waals surface area contributed by atoms with Gasteiger partial charge in [-0.15, -0.1) is 0 Å². The maximum atomic E-state index is 13.3. The minimum atomic E-state index is 0.0840. The summed E-state index contributed by atoms with van der Waals surface area (Å²) in [5.41, 5.74) is 4.63.